The first kappa shape index (κ1) is 15.0. The molecule has 124 valence electrons. The highest BCUT2D eigenvalue weighted by Crippen LogP contribution is 2.45. The summed E-state index contributed by atoms with van der Waals surface area (Å²) in [4.78, 5) is 0. The van der Waals surface area contributed by atoms with Crippen molar-refractivity contribution in [2.75, 3.05) is 0 Å². The molecule has 0 unspecified atom stereocenters. The number of H-pyrrole nitrogens is 1. The number of nitrogens with two attached hydrogens (primary N) is 1. The molecule has 0 bridgehead atoms. The number of nitriles is 1. The van der Waals surface area contributed by atoms with Crippen LogP contribution in [0.25, 0.3) is 11.3 Å². The highest BCUT2D eigenvalue weighted by atomic mass is 19.1. The van der Waals surface area contributed by atoms with Crippen LogP contribution in [0.15, 0.2) is 52.3 Å². The molecular formula is C18H13FN4O2. The highest BCUT2D eigenvalue weighted by molar-refractivity contribution is 5.70. The average molecular weight is 336 g/mol. The monoisotopic (exact) mass is 336 g/mol. The van der Waals surface area contributed by atoms with E-state index >= 15 is 0 Å². The summed E-state index contributed by atoms with van der Waals surface area (Å²) in [6, 6.07) is 11.7. The van der Waals surface area contributed by atoms with Crippen molar-refractivity contribution >= 4 is 0 Å². The summed E-state index contributed by atoms with van der Waals surface area (Å²) in [5.41, 5.74) is 8.10. The van der Waals surface area contributed by atoms with Gasteiger partial charge >= 0.3 is 0 Å². The molecule has 2 aromatic heterocycles. The van der Waals surface area contributed by atoms with Gasteiger partial charge in [0.1, 0.15) is 29.0 Å². The molecule has 4 rings (SSSR count). The molecule has 25 heavy (non-hydrogen) atoms. The summed E-state index contributed by atoms with van der Waals surface area (Å²) < 4.78 is 24.5. The normalized spacial score (nSPS) is 16.3. The molecule has 3 N–H and O–H groups in total. The first-order valence-corrected chi connectivity index (χ1v) is 7.56. The molecule has 7 heteroatoms. The van der Waals surface area contributed by atoms with Crippen LogP contribution in [0.2, 0.25) is 0 Å². The molecule has 0 spiro atoms. The number of fused-ring (bicyclic) bond motifs is 1. The maximum atomic E-state index is 13.2. The van der Waals surface area contributed by atoms with Gasteiger partial charge in [0.05, 0.1) is 17.2 Å². The number of hydrogen-bond acceptors (Lipinski definition) is 5. The minimum Gasteiger partial charge on any atom is -0.465 e. The van der Waals surface area contributed by atoms with Crippen molar-refractivity contribution in [2.24, 2.45) is 5.73 Å². The molecule has 1 aromatic carbocycles. The number of aryl methyl sites for hydroxylation is 1. The Bertz CT molecular complexity index is 1020. The molecule has 3 aromatic rings. The van der Waals surface area contributed by atoms with Crippen LogP contribution in [0.3, 0.4) is 0 Å². The zero-order valence-electron chi connectivity index (χ0n) is 13.2. The van der Waals surface area contributed by atoms with Crippen LogP contribution >= 0.6 is 0 Å². The van der Waals surface area contributed by atoms with Crippen molar-refractivity contribution in [3.05, 3.63) is 70.8 Å². The summed E-state index contributed by atoms with van der Waals surface area (Å²) in [5.74, 6) is 0.646. The van der Waals surface area contributed by atoms with E-state index in [0.717, 1.165) is 0 Å². The summed E-state index contributed by atoms with van der Waals surface area (Å²) in [6.45, 7) is 1.82. The van der Waals surface area contributed by atoms with E-state index in [0.29, 0.717) is 28.3 Å². The minimum atomic E-state index is -0.554. The molecule has 1 aliphatic heterocycles. The van der Waals surface area contributed by atoms with E-state index in [1.807, 2.05) is 13.0 Å². The molecule has 0 saturated carbocycles. The van der Waals surface area contributed by atoms with Crippen molar-refractivity contribution in [2.45, 2.75) is 12.8 Å². The SMILES string of the molecule is Cc1ccc([C@H]2C(C#N)=C(N)Oc3n[nH]c(-c4ccc(F)cc4)c32)o1. The third kappa shape index (κ3) is 2.35. The fourth-order valence-corrected chi connectivity index (χ4v) is 2.97. The smallest absolute Gasteiger partial charge is 0.244 e. The Hall–Kier alpha value is -3.53. The lowest BCUT2D eigenvalue weighted by Gasteiger charge is -2.22. The van der Waals surface area contributed by atoms with Crippen LogP contribution < -0.4 is 10.5 Å². The lowest BCUT2D eigenvalue weighted by atomic mass is 9.86. The molecule has 0 radical (unpaired) electrons. The second kappa shape index (κ2) is 5.53. The van der Waals surface area contributed by atoms with E-state index in [2.05, 4.69) is 16.3 Å². The van der Waals surface area contributed by atoms with Crippen LogP contribution in [0.4, 0.5) is 4.39 Å². The van der Waals surface area contributed by atoms with Gasteiger partial charge in [-0.1, -0.05) is 0 Å². The molecule has 6 nitrogen and oxygen atoms in total. The van der Waals surface area contributed by atoms with Gasteiger partial charge in [0.25, 0.3) is 0 Å². The average Bonchev–Trinajstić information content (AvgIpc) is 3.20. The van der Waals surface area contributed by atoms with E-state index in [1.165, 1.54) is 12.1 Å². The number of hydrogen-bond donors (Lipinski definition) is 2. The Morgan fingerprint density at radius 1 is 1.24 bits per heavy atom. The Morgan fingerprint density at radius 2 is 2.00 bits per heavy atom. The lowest BCUT2D eigenvalue weighted by Crippen LogP contribution is -2.20. The summed E-state index contributed by atoms with van der Waals surface area (Å²) in [5, 5.41) is 16.6. The van der Waals surface area contributed by atoms with Crippen molar-refractivity contribution in [1.29, 1.82) is 5.26 Å². The number of nitrogens with one attached hydrogen (secondary N) is 1. The fraction of sp³-hybridized carbons (Fsp3) is 0.111. The number of aromatic amines is 1. The molecule has 0 fully saturated rings. The van der Waals surface area contributed by atoms with Crippen LogP contribution in [0, 0.1) is 24.1 Å². The minimum absolute atomic E-state index is 0.00814. The second-order valence-electron chi connectivity index (χ2n) is 5.70. The number of allylic oxidation sites excluding steroid dienone is 1. The molecule has 1 aliphatic rings. The summed E-state index contributed by atoms with van der Waals surface area (Å²) >= 11 is 0. The van der Waals surface area contributed by atoms with Crippen LogP contribution in [0.1, 0.15) is 23.0 Å². The van der Waals surface area contributed by atoms with Gasteiger partial charge in [-0.05, 0) is 43.3 Å². The maximum absolute atomic E-state index is 13.2. The molecule has 0 amide bonds. The Morgan fingerprint density at radius 3 is 2.64 bits per heavy atom. The van der Waals surface area contributed by atoms with Crippen molar-refractivity contribution in [3.63, 3.8) is 0 Å². The summed E-state index contributed by atoms with van der Waals surface area (Å²) in [7, 11) is 0. The first-order valence-electron chi connectivity index (χ1n) is 7.56. The fourth-order valence-electron chi connectivity index (χ4n) is 2.97. The number of halogens is 1. The predicted molar refractivity (Wildman–Crippen MR) is 86.7 cm³/mol. The maximum Gasteiger partial charge on any atom is 0.244 e. The molecule has 1 atom stereocenters. The third-order valence-electron chi connectivity index (χ3n) is 4.12. The second-order valence-corrected chi connectivity index (χ2v) is 5.70. The summed E-state index contributed by atoms with van der Waals surface area (Å²) in [6.07, 6.45) is 0. The number of furan rings is 1. The topological polar surface area (TPSA) is 101 Å². The van der Waals surface area contributed by atoms with Crippen molar-refractivity contribution < 1.29 is 13.5 Å². The molecule has 0 saturated heterocycles. The Kier molecular flexibility index (Phi) is 3.32. The lowest BCUT2D eigenvalue weighted by molar-refractivity contribution is 0.369. The number of ether oxygens (including phenoxy) is 1. The highest BCUT2D eigenvalue weighted by Gasteiger charge is 2.37. The number of benzene rings is 1. The van der Waals surface area contributed by atoms with Gasteiger partial charge in [0.15, 0.2) is 0 Å². The van der Waals surface area contributed by atoms with Gasteiger partial charge in [-0.2, -0.15) is 5.26 Å². The van der Waals surface area contributed by atoms with Crippen LogP contribution in [-0.4, -0.2) is 10.2 Å². The van der Waals surface area contributed by atoms with E-state index in [-0.39, 0.29) is 23.2 Å². The van der Waals surface area contributed by atoms with Gasteiger partial charge in [0.2, 0.25) is 11.8 Å². The van der Waals surface area contributed by atoms with Gasteiger partial charge < -0.3 is 14.9 Å². The van der Waals surface area contributed by atoms with E-state index in [4.69, 9.17) is 14.9 Å². The zero-order valence-corrected chi connectivity index (χ0v) is 13.2. The van der Waals surface area contributed by atoms with Crippen molar-refractivity contribution in [3.8, 4) is 23.2 Å². The zero-order chi connectivity index (χ0) is 17.6. The molecule has 0 aliphatic carbocycles. The van der Waals surface area contributed by atoms with Gasteiger partial charge in [-0.3, -0.25) is 5.10 Å². The number of rotatable bonds is 2. The van der Waals surface area contributed by atoms with E-state index in [1.54, 1.807) is 18.2 Å². The van der Waals surface area contributed by atoms with E-state index < -0.39 is 5.92 Å². The molecule has 3 heterocycles. The Balaban J connectivity index is 1.94. The predicted octanol–water partition coefficient (Wildman–Crippen LogP) is 3.34. The largest absolute Gasteiger partial charge is 0.465 e. The van der Waals surface area contributed by atoms with Gasteiger partial charge in [-0.15, -0.1) is 5.10 Å². The third-order valence-corrected chi connectivity index (χ3v) is 4.12. The van der Waals surface area contributed by atoms with E-state index in [9.17, 15) is 9.65 Å². The quantitative estimate of drug-likeness (QED) is 0.747. The Labute approximate surface area is 142 Å². The van der Waals surface area contributed by atoms with Crippen LogP contribution in [0.5, 0.6) is 5.88 Å². The first-order chi connectivity index (χ1) is 12.1. The number of nitrogens with zero attached hydrogens (tertiary/aromatic N) is 2. The van der Waals surface area contributed by atoms with Crippen LogP contribution in [-0.2, 0) is 0 Å². The molecular weight excluding hydrogens is 323 g/mol. The van der Waals surface area contributed by atoms with Gasteiger partial charge in [0, 0.05) is 5.56 Å². The van der Waals surface area contributed by atoms with Gasteiger partial charge in [-0.25, -0.2) is 4.39 Å². The standard InChI is InChI=1S/C18H13FN4O2/c1-9-2-7-13(24-9)14-12(8-20)17(21)25-18-15(14)16(22-23-18)10-3-5-11(19)6-4-10/h2-7,14H,21H2,1H3,(H,22,23)/t14-/m1/s1. The van der Waals surface area contributed by atoms with Crippen molar-refractivity contribution in [1.82, 2.24) is 10.2 Å². The number of aromatic nitrogens is 2.